The van der Waals surface area contributed by atoms with Crippen LogP contribution in [-0.4, -0.2) is 70.5 Å². The Kier molecular flexibility index (Phi) is 11.6. The summed E-state index contributed by atoms with van der Waals surface area (Å²) in [6.45, 7) is 6.88. The van der Waals surface area contributed by atoms with E-state index in [0.717, 1.165) is 12.3 Å². The number of carbonyl (C=O) groups excluding carboxylic acids is 2. The molecule has 1 atom stereocenters. The average Bonchev–Trinajstić information content (AvgIpc) is 2.93. The molecule has 0 heterocycles. The number of carbonyl (C=O) groups is 2. The maximum absolute atomic E-state index is 13.4. The molecule has 2 N–H and O–H groups in total. The summed E-state index contributed by atoms with van der Waals surface area (Å²) < 4.78 is 63.1. The third kappa shape index (κ3) is 10.5. The Hall–Kier alpha value is -3.65. The first-order chi connectivity index (χ1) is 20.9. The van der Waals surface area contributed by atoms with Crippen molar-refractivity contribution in [2.24, 2.45) is 0 Å². The van der Waals surface area contributed by atoms with Gasteiger partial charge in [-0.15, -0.1) is 0 Å². The fourth-order valence-corrected chi connectivity index (χ4v) is 6.27. The summed E-state index contributed by atoms with van der Waals surface area (Å²) in [6, 6.07) is 16.1. The molecule has 244 valence electrons. The van der Waals surface area contributed by atoms with E-state index in [1.165, 1.54) is 29.2 Å². The summed E-state index contributed by atoms with van der Waals surface area (Å²) in [4.78, 5) is 26.6. The maximum atomic E-state index is 13.4. The van der Waals surface area contributed by atoms with Gasteiger partial charge in [-0.25, -0.2) is 26.4 Å². The minimum absolute atomic E-state index is 0.000507. The second-order valence-corrected chi connectivity index (χ2v) is 15.3. The first-order valence-corrected chi connectivity index (χ1v) is 17.7. The highest BCUT2D eigenvalue weighted by Crippen LogP contribution is 2.27. The number of hydrogen-bond donors (Lipinski definition) is 2. The van der Waals surface area contributed by atoms with Crippen LogP contribution in [0, 0.1) is 0 Å². The second kappa shape index (κ2) is 14.6. The number of sulfone groups is 1. The van der Waals surface area contributed by atoms with Crippen LogP contribution in [0.4, 0.5) is 10.5 Å². The Morgan fingerprint density at radius 1 is 0.978 bits per heavy atom. The van der Waals surface area contributed by atoms with Crippen LogP contribution in [0.3, 0.4) is 0 Å². The van der Waals surface area contributed by atoms with Crippen LogP contribution in [0.25, 0.3) is 0 Å². The number of nitrogens with zero attached hydrogens (tertiary/aromatic N) is 1. The highest BCUT2D eigenvalue weighted by molar-refractivity contribution is 7.92. The van der Waals surface area contributed by atoms with Gasteiger partial charge in [0.25, 0.3) is 0 Å². The van der Waals surface area contributed by atoms with Crippen molar-refractivity contribution in [1.82, 2.24) is 4.90 Å². The molecule has 0 aromatic heterocycles. The van der Waals surface area contributed by atoms with E-state index in [1.807, 2.05) is 0 Å². The van der Waals surface area contributed by atoms with Crippen LogP contribution in [0.2, 0.25) is 5.02 Å². The van der Waals surface area contributed by atoms with Gasteiger partial charge in [0.05, 0.1) is 46.6 Å². The van der Waals surface area contributed by atoms with Gasteiger partial charge in [-0.1, -0.05) is 35.9 Å². The number of nitrogens with one attached hydrogen (secondary N) is 1. The lowest BCUT2D eigenvalue weighted by Crippen LogP contribution is -2.40. The average molecular weight is 681 g/mol. The lowest BCUT2D eigenvalue weighted by atomic mass is 10.1. The summed E-state index contributed by atoms with van der Waals surface area (Å²) in [5.41, 5.74) is 0.123. The Labute approximate surface area is 269 Å². The van der Waals surface area contributed by atoms with Crippen LogP contribution in [0.1, 0.15) is 55.3 Å². The number of benzene rings is 3. The molecular formula is C31H37ClN2O9S2. The Bertz CT molecular complexity index is 1740. The molecular weight excluding hydrogens is 644 g/mol. The standard InChI is InChI=1S/C31H37ClN2O9S2/c1-6-42-29(36)26-19-25(14-15-27(26)33-44(5,38)39)45(40,41)24-12-10-21(11-13-24)16-17-34(30(37)43-31(2,3)4)20-28(35)22-8-7-9-23(32)18-22/h7-15,18-19,28,33,35H,6,16-17,20H2,1-5H3/t28-/m1/s1. The highest BCUT2D eigenvalue weighted by Gasteiger charge is 2.26. The van der Waals surface area contributed by atoms with Gasteiger partial charge in [0, 0.05) is 11.6 Å². The third-order valence-electron chi connectivity index (χ3n) is 6.27. The lowest BCUT2D eigenvalue weighted by Gasteiger charge is -2.29. The minimum atomic E-state index is -4.12. The predicted octanol–water partition coefficient (Wildman–Crippen LogP) is 5.23. The topological polar surface area (TPSA) is 156 Å². The molecule has 0 radical (unpaired) electrons. The number of aliphatic hydroxyl groups is 1. The van der Waals surface area contributed by atoms with Gasteiger partial charge >= 0.3 is 12.1 Å². The van der Waals surface area contributed by atoms with Crippen molar-refractivity contribution in [2.45, 2.75) is 55.6 Å². The summed E-state index contributed by atoms with van der Waals surface area (Å²) in [5.74, 6) is -0.883. The molecule has 3 aromatic carbocycles. The first kappa shape index (κ1) is 35.8. The van der Waals surface area contributed by atoms with Gasteiger partial charge < -0.3 is 19.5 Å². The van der Waals surface area contributed by atoms with E-state index in [1.54, 1.807) is 64.1 Å². The Morgan fingerprint density at radius 3 is 2.20 bits per heavy atom. The van der Waals surface area contributed by atoms with Crippen molar-refractivity contribution >= 4 is 49.2 Å². The minimum Gasteiger partial charge on any atom is -0.462 e. The van der Waals surface area contributed by atoms with Gasteiger partial charge in [-0.05, 0) is 87.7 Å². The number of esters is 1. The van der Waals surface area contributed by atoms with Crippen LogP contribution in [0.5, 0.6) is 0 Å². The SMILES string of the molecule is CCOC(=O)c1cc(S(=O)(=O)c2ccc(CCN(C[C@@H](O)c3cccc(Cl)c3)C(=O)OC(C)(C)C)cc2)ccc1NS(C)(=O)=O. The van der Waals surface area contributed by atoms with Crippen molar-refractivity contribution in [3.8, 4) is 0 Å². The molecule has 14 heteroatoms. The molecule has 0 bridgehead atoms. The third-order valence-corrected chi connectivity index (χ3v) is 8.87. The predicted molar refractivity (Wildman–Crippen MR) is 171 cm³/mol. The molecule has 3 aromatic rings. The molecule has 0 aliphatic rings. The zero-order valence-corrected chi connectivity index (χ0v) is 28.0. The molecule has 11 nitrogen and oxygen atoms in total. The van der Waals surface area contributed by atoms with Crippen LogP contribution >= 0.6 is 11.6 Å². The van der Waals surface area contributed by atoms with E-state index < -0.39 is 43.6 Å². The molecule has 0 spiro atoms. The number of ether oxygens (including phenoxy) is 2. The fraction of sp³-hybridized carbons (Fsp3) is 0.355. The Balaban J connectivity index is 1.82. The number of sulfonamides is 1. The van der Waals surface area contributed by atoms with Crippen LogP contribution in [-0.2, 0) is 35.8 Å². The largest absolute Gasteiger partial charge is 0.462 e. The maximum Gasteiger partial charge on any atom is 0.410 e. The number of rotatable bonds is 12. The number of aliphatic hydroxyl groups excluding tert-OH is 1. The van der Waals surface area contributed by atoms with E-state index in [0.29, 0.717) is 22.6 Å². The van der Waals surface area contributed by atoms with Gasteiger partial charge in [0.1, 0.15) is 5.60 Å². The van der Waals surface area contributed by atoms with Gasteiger partial charge in [-0.2, -0.15) is 0 Å². The molecule has 0 saturated heterocycles. The smallest absolute Gasteiger partial charge is 0.410 e. The summed E-state index contributed by atoms with van der Waals surface area (Å²) in [6.07, 6.45) is -0.417. The lowest BCUT2D eigenvalue weighted by molar-refractivity contribution is 0.0147. The molecule has 0 aliphatic carbocycles. The number of hydrogen-bond acceptors (Lipinski definition) is 9. The number of amides is 1. The van der Waals surface area contributed by atoms with Crippen molar-refractivity contribution in [3.63, 3.8) is 0 Å². The van der Waals surface area contributed by atoms with Gasteiger partial charge in [0.15, 0.2) is 0 Å². The molecule has 0 fully saturated rings. The summed E-state index contributed by atoms with van der Waals surface area (Å²) >= 11 is 6.06. The van der Waals surface area contributed by atoms with Crippen molar-refractivity contribution in [2.75, 3.05) is 30.7 Å². The van der Waals surface area contributed by atoms with Crippen molar-refractivity contribution < 1.29 is 41.0 Å². The molecule has 0 saturated carbocycles. The van der Waals surface area contributed by atoms with Crippen LogP contribution in [0.15, 0.2) is 76.5 Å². The van der Waals surface area contributed by atoms with Gasteiger partial charge in [-0.3, -0.25) is 4.72 Å². The zero-order chi connectivity index (χ0) is 33.6. The number of anilines is 1. The van der Waals surface area contributed by atoms with E-state index in [2.05, 4.69) is 4.72 Å². The monoisotopic (exact) mass is 680 g/mol. The zero-order valence-electron chi connectivity index (χ0n) is 25.6. The molecule has 0 aliphatic heterocycles. The van der Waals surface area contributed by atoms with Crippen molar-refractivity contribution in [1.29, 1.82) is 0 Å². The fourth-order valence-electron chi connectivity index (χ4n) is 4.20. The summed E-state index contributed by atoms with van der Waals surface area (Å²) in [5, 5.41) is 11.3. The normalized spacial score (nSPS) is 12.7. The molecule has 0 unspecified atom stereocenters. The van der Waals surface area contributed by atoms with Gasteiger partial charge in [0.2, 0.25) is 19.9 Å². The Morgan fingerprint density at radius 2 is 1.62 bits per heavy atom. The van der Waals surface area contributed by atoms with E-state index in [4.69, 9.17) is 21.1 Å². The quantitative estimate of drug-likeness (QED) is 0.244. The summed E-state index contributed by atoms with van der Waals surface area (Å²) in [7, 11) is -7.88. The van der Waals surface area contributed by atoms with E-state index >= 15 is 0 Å². The first-order valence-electron chi connectivity index (χ1n) is 13.9. The molecule has 1 amide bonds. The second-order valence-electron chi connectivity index (χ2n) is 11.2. The molecule has 3 rings (SSSR count). The number of halogens is 1. The molecule has 45 heavy (non-hydrogen) atoms. The van der Waals surface area contributed by atoms with E-state index in [9.17, 15) is 31.5 Å². The van der Waals surface area contributed by atoms with E-state index in [-0.39, 0.29) is 40.7 Å². The highest BCUT2D eigenvalue weighted by atomic mass is 35.5. The van der Waals surface area contributed by atoms with Crippen LogP contribution < -0.4 is 4.72 Å². The van der Waals surface area contributed by atoms with Crippen molar-refractivity contribution in [3.05, 3.63) is 88.4 Å².